The summed E-state index contributed by atoms with van der Waals surface area (Å²) in [6.07, 6.45) is 6.77. The Balaban J connectivity index is 1.59. The topological polar surface area (TPSA) is 44.7 Å². The van der Waals surface area contributed by atoms with Crippen LogP contribution in [0.2, 0.25) is 0 Å². The van der Waals surface area contributed by atoms with Gasteiger partial charge in [-0.05, 0) is 68.3 Å². The monoisotopic (exact) mass is 409 g/mol. The summed E-state index contributed by atoms with van der Waals surface area (Å²) >= 11 is 0. The number of carbonyl (C=O) groups excluding carboxylic acids is 1. The van der Waals surface area contributed by atoms with Crippen molar-refractivity contribution < 1.29 is 4.79 Å². The molecule has 2 bridgehead atoms. The Labute approximate surface area is 182 Å². The van der Waals surface area contributed by atoms with E-state index < -0.39 is 0 Å². The number of nitrogens with one attached hydrogen (secondary N) is 1. The molecule has 0 saturated heterocycles. The van der Waals surface area contributed by atoms with Crippen LogP contribution in [-0.4, -0.2) is 28.3 Å². The Hall–Kier alpha value is -1.84. The predicted molar refractivity (Wildman–Crippen MR) is 124 cm³/mol. The molecule has 2 saturated carbocycles. The molecule has 3 aliphatic rings. The van der Waals surface area contributed by atoms with Crippen LogP contribution in [0.15, 0.2) is 35.4 Å². The summed E-state index contributed by atoms with van der Waals surface area (Å²) in [6, 6.07) is 10.8. The van der Waals surface area contributed by atoms with E-state index in [-0.39, 0.29) is 34.4 Å². The van der Waals surface area contributed by atoms with Crippen molar-refractivity contribution in [2.75, 3.05) is 0 Å². The zero-order chi connectivity index (χ0) is 21.7. The van der Waals surface area contributed by atoms with Crippen LogP contribution in [0, 0.1) is 16.7 Å². The van der Waals surface area contributed by atoms with Gasteiger partial charge in [0.05, 0.1) is 5.54 Å². The summed E-state index contributed by atoms with van der Waals surface area (Å²) in [4.78, 5) is 13.6. The van der Waals surface area contributed by atoms with Gasteiger partial charge in [0.15, 0.2) is 0 Å². The van der Waals surface area contributed by atoms with Gasteiger partial charge < -0.3 is 5.32 Å². The summed E-state index contributed by atoms with van der Waals surface area (Å²) in [6.45, 7) is 13.7. The first-order valence-electron chi connectivity index (χ1n) is 11.9. The summed E-state index contributed by atoms with van der Waals surface area (Å²) in [5.41, 5.74) is 2.46. The van der Waals surface area contributed by atoms with E-state index in [2.05, 4.69) is 77.2 Å². The second-order valence-electron chi connectivity index (χ2n) is 11.1. The van der Waals surface area contributed by atoms with Gasteiger partial charge in [-0.15, -0.1) is 0 Å². The van der Waals surface area contributed by atoms with Gasteiger partial charge >= 0.3 is 6.03 Å². The van der Waals surface area contributed by atoms with Gasteiger partial charge in [0, 0.05) is 17.7 Å². The van der Waals surface area contributed by atoms with Gasteiger partial charge in [0.2, 0.25) is 0 Å². The van der Waals surface area contributed by atoms with Crippen LogP contribution in [0.4, 0.5) is 4.79 Å². The number of urea groups is 1. The van der Waals surface area contributed by atoms with Crippen molar-refractivity contribution in [2.24, 2.45) is 21.8 Å². The second kappa shape index (κ2) is 7.39. The molecule has 1 aliphatic heterocycles. The number of carbonyl (C=O) groups is 1. The Bertz CT molecular complexity index is 828. The molecule has 0 spiro atoms. The lowest BCUT2D eigenvalue weighted by molar-refractivity contribution is 0.106. The van der Waals surface area contributed by atoms with Crippen LogP contribution < -0.4 is 5.32 Å². The maximum absolute atomic E-state index is 13.6. The molecule has 1 aromatic rings. The van der Waals surface area contributed by atoms with Crippen LogP contribution in [-0.2, 0) is 0 Å². The molecule has 30 heavy (non-hydrogen) atoms. The number of nitrogens with zero attached hydrogens (tertiary/aromatic N) is 2. The molecule has 0 aromatic heterocycles. The minimum atomic E-state index is -0.386. The van der Waals surface area contributed by atoms with E-state index in [1.165, 1.54) is 18.4 Å². The Morgan fingerprint density at radius 3 is 2.43 bits per heavy atom. The van der Waals surface area contributed by atoms with Crippen LogP contribution >= 0.6 is 0 Å². The van der Waals surface area contributed by atoms with E-state index in [1.54, 1.807) is 5.01 Å². The lowest BCUT2D eigenvalue weighted by Gasteiger charge is -2.41. The number of hydrazone groups is 1. The van der Waals surface area contributed by atoms with Crippen molar-refractivity contribution in [3.05, 3.63) is 35.9 Å². The highest BCUT2D eigenvalue weighted by Crippen LogP contribution is 2.65. The third-order valence-electron chi connectivity index (χ3n) is 9.02. The number of hydrogen-bond donors (Lipinski definition) is 1. The Morgan fingerprint density at radius 2 is 1.87 bits per heavy atom. The van der Waals surface area contributed by atoms with E-state index in [0.717, 1.165) is 31.4 Å². The van der Waals surface area contributed by atoms with Gasteiger partial charge in [-0.25, -0.2) is 9.80 Å². The highest BCUT2D eigenvalue weighted by Gasteiger charge is 2.62. The molecular formula is C26H39N3O. The average Bonchev–Trinajstić information content (AvgIpc) is 3.17. The molecule has 4 atom stereocenters. The quantitative estimate of drug-likeness (QED) is 0.606. The molecule has 1 aromatic carbocycles. The van der Waals surface area contributed by atoms with Crippen molar-refractivity contribution in [3.8, 4) is 0 Å². The largest absolute Gasteiger partial charge is 0.338 e. The van der Waals surface area contributed by atoms with Crippen molar-refractivity contribution in [3.63, 3.8) is 0 Å². The Morgan fingerprint density at radius 1 is 1.17 bits per heavy atom. The van der Waals surface area contributed by atoms with Crippen molar-refractivity contribution in [1.82, 2.24) is 10.3 Å². The van der Waals surface area contributed by atoms with Gasteiger partial charge in [0.25, 0.3) is 0 Å². The molecular weight excluding hydrogens is 370 g/mol. The molecule has 2 fully saturated rings. The standard InChI is InChI=1S/C26H39N3O/c1-7-8-14-20-22(18-12-10-9-11-13-18)25(4,5)29(28-20)23(30)27-21-17-19-15-16-26(21,6)24(19,2)3/h9-13,19,21-22H,7-8,14-17H2,1-6H3,(H,27,30)/t19-,21-,22?,26-/m0/s1. The number of rotatable bonds is 5. The zero-order valence-corrected chi connectivity index (χ0v) is 19.7. The molecule has 4 nitrogen and oxygen atoms in total. The number of amides is 2. The van der Waals surface area contributed by atoms with E-state index in [9.17, 15) is 4.79 Å². The lowest BCUT2D eigenvalue weighted by Crippen LogP contribution is -2.54. The van der Waals surface area contributed by atoms with Crippen molar-refractivity contribution in [2.45, 2.75) is 97.6 Å². The molecule has 0 radical (unpaired) electrons. The van der Waals surface area contributed by atoms with E-state index in [0.29, 0.717) is 5.92 Å². The van der Waals surface area contributed by atoms with Crippen LogP contribution in [0.25, 0.3) is 0 Å². The first-order valence-corrected chi connectivity index (χ1v) is 11.9. The number of hydrogen-bond acceptors (Lipinski definition) is 2. The van der Waals surface area contributed by atoms with E-state index >= 15 is 0 Å². The maximum Gasteiger partial charge on any atom is 0.338 e. The molecule has 4 rings (SSSR count). The van der Waals surface area contributed by atoms with Gasteiger partial charge in [0.1, 0.15) is 0 Å². The highest BCUT2D eigenvalue weighted by atomic mass is 16.2. The minimum Gasteiger partial charge on any atom is -0.333 e. The minimum absolute atomic E-state index is 0.0259. The van der Waals surface area contributed by atoms with Crippen molar-refractivity contribution >= 4 is 11.7 Å². The SMILES string of the molecule is CCCCC1=NN(C(=O)N[C@H]2C[C@@H]3CC[C@]2(C)C3(C)C)C(C)(C)C1c1ccccc1. The van der Waals surface area contributed by atoms with E-state index in [4.69, 9.17) is 5.10 Å². The molecule has 2 amide bonds. The highest BCUT2D eigenvalue weighted by molar-refractivity contribution is 5.96. The molecule has 1 heterocycles. The summed E-state index contributed by atoms with van der Waals surface area (Å²) in [7, 11) is 0. The first kappa shape index (κ1) is 21.4. The summed E-state index contributed by atoms with van der Waals surface area (Å²) in [5.74, 6) is 0.850. The second-order valence-corrected chi connectivity index (χ2v) is 11.1. The van der Waals surface area contributed by atoms with E-state index in [1.807, 2.05) is 0 Å². The van der Waals surface area contributed by atoms with Gasteiger partial charge in [-0.2, -0.15) is 5.10 Å². The van der Waals surface area contributed by atoms with Crippen LogP contribution in [0.3, 0.4) is 0 Å². The zero-order valence-electron chi connectivity index (χ0n) is 19.7. The normalized spacial score (nSPS) is 33.6. The number of fused-ring (bicyclic) bond motifs is 2. The van der Waals surface area contributed by atoms with Crippen LogP contribution in [0.5, 0.6) is 0 Å². The third-order valence-corrected chi connectivity index (χ3v) is 9.02. The molecule has 1 unspecified atom stereocenters. The maximum atomic E-state index is 13.6. The smallest absolute Gasteiger partial charge is 0.333 e. The van der Waals surface area contributed by atoms with Gasteiger partial charge in [-0.3, -0.25) is 0 Å². The molecule has 4 heteroatoms. The van der Waals surface area contributed by atoms with Crippen LogP contribution in [0.1, 0.15) is 91.5 Å². The number of unbranched alkanes of at least 4 members (excludes halogenated alkanes) is 1. The predicted octanol–water partition coefficient (Wildman–Crippen LogP) is 6.34. The van der Waals surface area contributed by atoms with Crippen molar-refractivity contribution in [1.29, 1.82) is 0 Å². The summed E-state index contributed by atoms with van der Waals surface area (Å²) in [5, 5.41) is 10.1. The third kappa shape index (κ3) is 3.09. The lowest BCUT2D eigenvalue weighted by atomic mass is 9.69. The Kier molecular flexibility index (Phi) is 5.27. The fraction of sp³-hybridized carbons (Fsp3) is 0.692. The molecule has 1 N–H and O–H groups in total. The van der Waals surface area contributed by atoms with Gasteiger partial charge in [-0.1, -0.05) is 64.4 Å². The number of benzene rings is 1. The molecule has 2 aliphatic carbocycles. The summed E-state index contributed by atoms with van der Waals surface area (Å²) < 4.78 is 0. The average molecular weight is 410 g/mol. The fourth-order valence-electron chi connectivity index (χ4n) is 6.58. The fourth-order valence-corrected chi connectivity index (χ4v) is 6.58. The molecule has 164 valence electrons. The first-order chi connectivity index (χ1) is 14.1.